The summed E-state index contributed by atoms with van der Waals surface area (Å²) in [4.78, 5) is 53.2. The minimum absolute atomic E-state index is 0.130. The Labute approximate surface area is 202 Å². The highest BCUT2D eigenvalue weighted by Crippen LogP contribution is 2.35. The number of hydrogen-bond acceptors (Lipinski definition) is 4. The molecule has 0 unspecified atom stereocenters. The second-order valence-electron chi connectivity index (χ2n) is 8.61. The molecule has 0 spiro atoms. The van der Waals surface area contributed by atoms with Gasteiger partial charge in [-0.05, 0) is 35.2 Å². The summed E-state index contributed by atoms with van der Waals surface area (Å²) in [7, 11) is 0. The van der Waals surface area contributed by atoms with Gasteiger partial charge in [-0.3, -0.25) is 19.8 Å². The van der Waals surface area contributed by atoms with Crippen LogP contribution in [0.15, 0.2) is 84.9 Å². The first kappa shape index (κ1) is 22.3. The molecule has 2 N–H and O–H groups in total. The maximum Gasteiger partial charge on any atom is 0.344 e. The zero-order valence-corrected chi connectivity index (χ0v) is 18.9. The van der Waals surface area contributed by atoms with Crippen LogP contribution >= 0.6 is 0 Å². The van der Waals surface area contributed by atoms with E-state index in [4.69, 9.17) is 0 Å². The van der Waals surface area contributed by atoms with Crippen molar-refractivity contribution < 1.29 is 19.2 Å². The third-order valence-corrected chi connectivity index (χ3v) is 6.41. The first-order valence-electron chi connectivity index (χ1n) is 11.4. The number of benzene rings is 3. The molecule has 2 fully saturated rings. The lowest BCUT2D eigenvalue weighted by atomic mass is 9.83. The molecule has 3 aromatic rings. The summed E-state index contributed by atoms with van der Waals surface area (Å²) < 4.78 is 0. The summed E-state index contributed by atoms with van der Waals surface area (Å²) in [6.45, 7) is 1.22. The van der Waals surface area contributed by atoms with E-state index >= 15 is 0 Å². The largest absolute Gasteiger partial charge is 0.344 e. The predicted molar refractivity (Wildman–Crippen MR) is 128 cm³/mol. The molecule has 3 aromatic carbocycles. The lowest BCUT2D eigenvalue weighted by molar-refractivity contribution is -0.132. The smallest absolute Gasteiger partial charge is 0.338 e. The SMILES string of the molecule is O=C(NN1C(=O)NC(c2ccccc2)(c2ccccc2)C1=O)c1ccc(CN2CCCC2=O)cc1. The fourth-order valence-electron chi connectivity index (χ4n) is 4.58. The molecule has 0 atom stereocenters. The Hall–Kier alpha value is -4.46. The Morgan fingerprint density at radius 2 is 1.46 bits per heavy atom. The maximum absolute atomic E-state index is 13.7. The van der Waals surface area contributed by atoms with Crippen molar-refractivity contribution in [2.24, 2.45) is 0 Å². The summed E-state index contributed by atoms with van der Waals surface area (Å²) in [6, 6.07) is 23.9. The van der Waals surface area contributed by atoms with Crippen LogP contribution in [0.25, 0.3) is 0 Å². The van der Waals surface area contributed by atoms with E-state index in [9.17, 15) is 19.2 Å². The summed E-state index contributed by atoms with van der Waals surface area (Å²) in [5.74, 6) is -1.06. The van der Waals surface area contributed by atoms with Crippen molar-refractivity contribution in [2.75, 3.05) is 6.54 Å². The van der Waals surface area contributed by atoms with E-state index in [0.29, 0.717) is 29.7 Å². The average Bonchev–Trinajstić information content (AvgIpc) is 3.41. The molecule has 2 saturated heterocycles. The van der Waals surface area contributed by atoms with Crippen molar-refractivity contribution in [2.45, 2.75) is 24.9 Å². The zero-order chi connectivity index (χ0) is 24.4. The highest BCUT2D eigenvalue weighted by molar-refractivity contribution is 6.11. The topological polar surface area (TPSA) is 98.8 Å². The molecular weight excluding hydrogens is 444 g/mol. The van der Waals surface area contributed by atoms with Crippen LogP contribution in [-0.4, -0.2) is 40.2 Å². The van der Waals surface area contributed by atoms with Crippen LogP contribution in [0.4, 0.5) is 4.79 Å². The normalized spacial score (nSPS) is 17.0. The van der Waals surface area contributed by atoms with Crippen molar-refractivity contribution in [1.29, 1.82) is 0 Å². The fourth-order valence-corrected chi connectivity index (χ4v) is 4.58. The number of likely N-dealkylation sites (tertiary alicyclic amines) is 1. The molecule has 0 aliphatic carbocycles. The van der Waals surface area contributed by atoms with Crippen LogP contribution in [0.3, 0.4) is 0 Å². The monoisotopic (exact) mass is 468 g/mol. The quantitative estimate of drug-likeness (QED) is 0.544. The number of rotatable bonds is 6. The van der Waals surface area contributed by atoms with Gasteiger partial charge in [0, 0.05) is 25.1 Å². The minimum atomic E-state index is -1.46. The van der Waals surface area contributed by atoms with Gasteiger partial charge in [-0.25, -0.2) is 4.79 Å². The van der Waals surface area contributed by atoms with Gasteiger partial charge < -0.3 is 10.2 Å². The number of carbonyl (C=O) groups excluding carboxylic acids is 4. The first-order chi connectivity index (χ1) is 17.0. The Balaban J connectivity index is 1.37. The van der Waals surface area contributed by atoms with Crippen LogP contribution in [0.1, 0.15) is 39.9 Å². The Kier molecular flexibility index (Phi) is 5.78. The lowest BCUT2D eigenvalue weighted by Gasteiger charge is -2.27. The van der Waals surface area contributed by atoms with Crippen LogP contribution in [0.5, 0.6) is 0 Å². The van der Waals surface area contributed by atoms with Gasteiger partial charge in [0.15, 0.2) is 5.54 Å². The second kappa shape index (κ2) is 9.06. The summed E-state index contributed by atoms with van der Waals surface area (Å²) in [6.07, 6.45) is 1.43. The Morgan fingerprint density at radius 1 is 0.857 bits per heavy atom. The molecule has 5 rings (SSSR count). The maximum atomic E-state index is 13.7. The first-order valence-corrected chi connectivity index (χ1v) is 11.4. The van der Waals surface area contributed by atoms with Gasteiger partial charge >= 0.3 is 6.03 Å². The summed E-state index contributed by atoms with van der Waals surface area (Å²) in [5.41, 5.74) is 3.36. The average molecular weight is 469 g/mol. The van der Waals surface area contributed by atoms with Gasteiger partial charge in [-0.1, -0.05) is 72.8 Å². The summed E-state index contributed by atoms with van der Waals surface area (Å²) >= 11 is 0. The molecule has 2 heterocycles. The third kappa shape index (κ3) is 4.03. The molecule has 0 saturated carbocycles. The number of hydrazine groups is 1. The van der Waals surface area contributed by atoms with Crippen molar-refractivity contribution in [3.8, 4) is 0 Å². The molecule has 5 amide bonds. The molecule has 0 bridgehead atoms. The number of carbonyl (C=O) groups is 4. The molecule has 2 aliphatic rings. The Bertz CT molecular complexity index is 1240. The van der Waals surface area contributed by atoms with Gasteiger partial charge in [0.1, 0.15) is 0 Å². The number of urea groups is 1. The highest BCUT2D eigenvalue weighted by atomic mass is 16.2. The fraction of sp³-hybridized carbons (Fsp3) is 0.185. The van der Waals surface area contributed by atoms with Crippen molar-refractivity contribution >= 4 is 23.8 Å². The molecule has 0 radical (unpaired) electrons. The zero-order valence-electron chi connectivity index (χ0n) is 18.9. The second-order valence-corrected chi connectivity index (χ2v) is 8.61. The predicted octanol–water partition coefficient (Wildman–Crippen LogP) is 2.95. The number of nitrogens with zero attached hydrogens (tertiary/aromatic N) is 2. The van der Waals surface area contributed by atoms with Gasteiger partial charge in [0.2, 0.25) is 5.91 Å². The molecule has 35 heavy (non-hydrogen) atoms. The van der Waals surface area contributed by atoms with E-state index in [1.807, 2.05) is 12.1 Å². The third-order valence-electron chi connectivity index (χ3n) is 6.41. The van der Waals surface area contributed by atoms with Gasteiger partial charge in [0.05, 0.1) is 0 Å². The highest BCUT2D eigenvalue weighted by Gasteiger charge is 2.54. The van der Waals surface area contributed by atoms with E-state index in [-0.39, 0.29) is 5.91 Å². The molecule has 176 valence electrons. The number of hydrogen-bond donors (Lipinski definition) is 2. The van der Waals surface area contributed by atoms with Crippen LogP contribution in [0.2, 0.25) is 0 Å². The van der Waals surface area contributed by atoms with Gasteiger partial charge in [-0.15, -0.1) is 0 Å². The molecule has 8 nitrogen and oxygen atoms in total. The standard InChI is InChI=1S/C27H24N4O4/c32-23-12-7-17-30(23)18-19-13-15-20(16-14-19)24(33)29-31-25(34)27(28-26(31)35,21-8-3-1-4-9-21)22-10-5-2-6-11-22/h1-6,8-11,13-16H,7,12,17-18H2,(H,28,35)(H,29,33). The van der Waals surface area contributed by atoms with Gasteiger partial charge in [0.25, 0.3) is 11.8 Å². The van der Waals surface area contributed by atoms with Crippen LogP contribution < -0.4 is 10.7 Å². The molecular formula is C27H24N4O4. The molecule has 2 aliphatic heterocycles. The van der Waals surface area contributed by atoms with Crippen molar-refractivity contribution in [1.82, 2.24) is 20.7 Å². The van der Waals surface area contributed by atoms with Crippen LogP contribution in [-0.2, 0) is 21.7 Å². The van der Waals surface area contributed by atoms with E-state index in [0.717, 1.165) is 23.5 Å². The minimum Gasteiger partial charge on any atom is -0.338 e. The number of nitrogens with one attached hydrogen (secondary N) is 2. The number of amides is 5. The van der Waals surface area contributed by atoms with Gasteiger partial charge in [-0.2, -0.15) is 5.01 Å². The Morgan fingerprint density at radius 3 is 2.00 bits per heavy atom. The van der Waals surface area contributed by atoms with E-state index < -0.39 is 23.4 Å². The van der Waals surface area contributed by atoms with E-state index in [1.54, 1.807) is 77.7 Å². The van der Waals surface area contributed by atoms with Crippen LogP contribution in [0, 0.1) is 0 Å². The molecule has 0 aromatic heterocycles. The van der Waals surface area contributed by atoms with Crippen molar-refractivity contribution in [3.05, 3.63) is 107 Å². The lowest BCUT2D eigenvalue weighted by Crippen LogP contribution is -2.49. The number of imide groups is 1. The van der Waals surface area contributed by atoms with E-state index in [1.165, 1.54) is 0 Å². The van der Waals surface area contributed by atoms with Crippen molar-refractivity contribution in [3.63, 3.8) is 0 Å². The van der Waals surface area contributed by atoms with E-state index in [2.05, 4.69) is 10.7 Å². The summed E-state index contributed by atoms with van der Waals surface area (Å²) in [5, 5.41) is 3.53. The molecule has 8 heteroatoms.